The normalized spacial score (nSPS) is 11.9. The molecule has 0 fully saturated rings. The highest BCUT2D eigenvalue weighted by Gasteiger charge is 2.06. The Morgan fingerprint density at radius 2 is 2.12 bits per heavy atom. The van der Waals surface area contributed by atoms with Crippen LogP contribution in [0.3, 0.4) is 0 Å². The van der Waals surface area contributed by atoms with Crippen LogP contribution >= 0.6 is 11.3 Å². The second-order valence-electron chi connectivity index (χ2n) is 4.97. The van der Waals surface area contributed by atoms with E-state index in [1.807, 2.05) is 0 Å². The minimum Gasteiger partial charge on any atom is -0.381 e. The quantitative estimate of drug-likeness (QED) is 0.741. The Morgan fingerprint density at radius 1 is 1.31 bits per heavy atom. The number of nitrogens with one attached hydrogen (secondary N) is 1. The largest absolute Gasteiger partial charge is 0.381 e. The molecule has 1 rings (SSSR count). The summed E-state index contributed by atoms with van der Waals surface area (Å²) >= 11 is 1.80. The van der Waals surface area contributed by atoms with Gasteiger partial charge in [-0.25, -0.2) is 0 Å². The maximum absolute atomic E-state index is 5.59. The molecule has 1 aromatic rings. The number of thiophene rings is 1. The van der Waals surface area contributed by atoms with Crippen molar-refractivity contribution in [3.63, 3.8) is 0 Å². The average molecular weight is 241 g/mol. The van der Waals surface area contributed by atoms with E-state index >= 15 is 0 Å². The first-order valence-electron chi connectivity index (χ1n) is 5.93. The summed E-state index contributed by atoms with van der Waals surface area (Å²) in [6.45, 7) is 9.28. The summed E-state index contributed by atoms with van der Waals surface area (Å²) in [5.41, 5.74) is 0.219. The lowest BCUT2D eigenvalue weighted by atomic mass is 10.1. The van der Waals surface area contributed by atoms with Crippen LogP contribution in [0.15, 0.2) is 17.5 Å². The molecule has 0 saturated carbocycles. The fourth-order valence-electron chi connectivity index (χ4n) is 1.37. The molecule has 0 aliphatic heterocycles. The Morgan fingerprint density at radius 3 is 2.75 bits per heavy atom. The van der Waals surface area contributed by atoms with Crippen molar-refractivity contribution in [1.82, 2.24) is 5.32 Å². The predicted molar refractivity (Wildman–Crippen MR) is 71.2 cm³/mol. The molecule has 0 unspecified atom stereocenters. The van der Waals surface area contributed by atoms with Crippen molar-refractivity contribution >= 4 is 11.3 Å². The van der Waals surface area contributed by atoms with Gasteiger partial charge in [-0.15, -0.1) is 11.3 Å². The fraction of sp³-hybridized carbons (Fsp3) is 0.692. The van der Waals surface area contributed by atoms with Crippen LogP contribution in [0.2, 0.25) is 0 Å². The average Bonchev–Trinajstić information content (AvgIpc) is 2.67. The summed E-state index contributed by atoms with van der Waals surface area (Å²) in [7, 11) is 0. The topological polar surface area (TPSA) is 21.3 Å². The first-order chi connectivity index (χ1) is 7.58. The van der Waals surface area contributed by atoms with Gasteiger partial charge in [-0.05, 0) is 45.2 Å². The van der Waals surface area contributed by atoms with E-state index in [0.29, 0.717) is 0 Å². The molecule has 3 heteroatoms. The smallest absolute Gasteiger partial charge is 0.0514 e. The van der Waals surface area contributed by atoms with Crippen LogP contribution in [-0.2, 0) is 11.2 Å². The first kappa shape index (κ1) is 13.7. The molecular formula is C13H23NOS. The van der Waals surface area contributed by atoms with Gasteiger partial charge in [0.1, 0.15) is 0 Å². The lowest BCUT2D eigenvalue weighted by Crippen LogP contribution is -2.36. The maximum Gasteiger partial charge on any atom is 0.0514 e. The zero-order chi connectivity index (χ0) is 11.9. The summed E-state index contributed by atoms with van der Waals surface area (Å²) in [4.78, 5) is 1.41. The van der Waals surface area contributed by atoms with Crippen molar-refractivity contribution < 1.29 is 4.74 Å². The van der Waals surface area contributed by atoms with E-state index in [9.17, 15) is 0 Å². The van der Waals surface area contributed by atoms with E-state index in [4.69, 9.17) is 4.74 Å². The SMILES string of the molecule is CC(C)(C)NCCCOCCc1cccs1. The van der Waals surface area contributed by atoms with Crippen molar-refractivity contribution in [2.24, 2.45) is 0 Å². The van der Waals surface area contributed by atoms with Crippen LogP contribution in [0, 0.1) is 0 Å². The van der Waals surface area contributed by atoms with Gasteiger partial charge in [-0.2, -0.15) is 0 Å². The van der Waals surface area contributed by atoms with Gasteiger partial charge in [0.05, 0.1) is 6.61 Å². The third-order valence-electron chi connectivity index (χ3n) is 2.19. The van der Waals surface area contributed by atoms with Crippen LogP contribution in [0.1, 0.15) is 32.1 Å². The van der Waals surface area contributed by atoms with Crippen molar-refractivity contribution in [3.05, 3.63) is 22.4 Å². The molecule has 0 saturated heterocycles. The van der Waals surface area contributed by atoms with Crippen molar-refractivity contribution in [2.75, 3.05) is 19.8 Å². The molecule has 0 bridgehead atoms. The molecule has 2 nitrogen and oxygen atoms in total. The molecule has 92 valence electrons. The van der Waals surface area contributed by atoms with Crippen molar-refractivity contribution in [3.8, 4) is 0 Å². The standard InChI is InChI=1S/C13H23NOS/c1-13(2,3)14-8-5-9-15-10-7-12-6-4-11-16-12/h4,6,11,14H,5,7-10H2,1-3H3. The van der Waals surface area contributed by atoms with Crippen LogP contribution in [-0.4, -0.2) is 25.3 Å². The second-order valence-corrected chi connectivity index (χ2v) is 6.00. The monoisotopic (exact) mass is 241 g/mol. The van der Waals surface area contributed by atoms with Crippen LogP contribution in [0.4, 0.5) is 0 Å². The number of hydrogen-bond acceptors (Lipinski definition) is 3. The Hall–Kier alpha value is -0.380. The molecule has 16 heavy (non-hydrogen) atoms. The van der Waals surface area contributed by atoms with Crippen LogP contribution < -0.4 is 5.32 Å². The third-order valence-corrected chi connectivity index (χ3v) is 3.13. The van der Waals surface area contributed by atoms with Crippen LogP contribution in [0.5, 0.6) is 0 Å². The highest BCUT2D eigenvalue weighted by molar-refractivity contribution is 7.09. The van der Waals surface area contributed by atoms with E-state index in [1.165, 1.54) is 4.88 Å². The summed E-state index contributed by atoms with van der Waals surface area (Å²) in [5, 5.41) is 5.56. The second kappa shape index (κ2) is 7.05. The Bertz CT molecular complexity index is 264. The number of rotatable bonds is 7. The van der Waals surface area contributed by atoms with Gasteiger partial charge in [-0.1, -0.05) is 6.07 Å². The first-order valence-corrected chi connectivity index (χ1v) is 6.81. The van der Waals surface area contributed by atoms with Gasteiger partial charge in [0.2, 0.25) is 0 Å². The Kier molecular flexibility index (Phi) is 6.03. The highest BCUT2D eigenvalue weighted by atomic mass is 32.1. The summed E-state index contributed by atoms with van der Waals surface area (Å²) in [6, 6.07) is 4.25. The highest BCUT2D eigenvalue weighted by Crippen LogP contribution is 2.08. The van der Waals surface area contributed by atoms with Gasteiger partial charge in [0.15, 0.2) is 0 Å². The zero-order valence-electron chi connectivity index (χ0n) is 10.6. The van der Waals surface area contributed by atoms with Gasteiger partial charge >= 0.3 is 0 Å². The van der Waals surface area contributed by atoms with E-state index in [-0.39, 0.29) is 5.54 Å². The third kappa shape index (κ3) is 6.99. The molecule has 0 amide bonds. The van der Waals surface area contributed by atoms with Gasteiger partial charge < -0.3 is 10.1 Å². The molecule has 0 radical (unpaired) electrons. The van der Waals surface area contributed by atoms with E-state index in [2.05, 4.69) is 43.6 Å². The molecule has 0 aliphatic rings. The number of ether oxygens (including phenoxy) is 1. The molecule has 1 aromatic heterocycles. The minimum atomic E-state index is 0.219. The van der Waals surface area contributed by atoms with E-state index in [1.54, 1.807) is 11.3 Å². The molecule has 0 aliphatic carbocycles. The number of hydrogen-bond donors (Lipinski definition) is 1. The van der Waals surface area contributed by atoms with E-state index in [0.717, 1.165) is 32.6 Å². The van der Waals surface area contributed by atoms with Gasteiger partial charge in [0, 0.05) is 23.4 Å². The summed E-state index contributed by atoms with van der Waals surface area (Å²) < 4.78 is 5.59. The zero-order valence-corrected chi connectivity index (χ0v) is 11.4. The molecule has 0 aromatic carbocycles. The van der Waals surface area contributed by atoms with E-state index < -0.39 is 0 Å². The Labute approximate surface area is 103 Å². The van der Waals surface area contributed by atoms with Crippen LogP contribution in [0.25, 0.3) is 0 Å². The van der Waals surface area contributed by atoms with Gasteiger partial charge in [-0.3, -0.25) is 0 Å². The lowest BCUT2D eigenvalue weighted by Gasteiger charge is -2.20. The molecule has 1 heterocycles. The maximum atomic E-state index is 5.59. The lowest BCUT2D eigenvalue weighted by molar-refractivity contribution is 0.133. The molecular weight excluding hydrogens is 218 g/mol. The summed E-state index contributed by atoms with van der Waals surface area (Å²) in [6.07, 6.45) is 2.13. The van der Waals surface area contributed by atoms with Crippen molar-refractivity contribution in [2.45, 2.75) is 39.2 Å². The molecule has 1 N–H and O–H groups in total. The predicted octanol–water partition coefficient (Wildman–Crippen LogP) is 3.09. The minimum absolute atomic E-state index is 0.219. The van der Waals surface area contributed by atoms with Crippen molar-refractivity contribution in [1.29, 1.82) is 0 Å². The Balaban J connectivity index is 1.89. The fourth-order valence-corrected chi connectivity index (χ4v) is 2.06. The molecule has 0 atom stereocenters. The van der Waals surface area contributed by atoms with Gasteiger partial charge in [0.25, 0.3) is 0 Å². The summed E-state index contributed by atoms with van der Waals surface area (Å²) in [5.74, 6) is 0. The molecule has 0 spiro atoms.